The summed E-state index contributed by atoms with van der Waals surface area (Å²) in [6, 6.07) is 5.63. The third-order valence-electron chi connectivity index (χ3n) is 1.94. The number of hydrogen-bond acceptors (Lipinski definition) is 3. The van der Waals surface area contributed by atoms with Crippen LogP contribution in [0.3, 0.4) is 0 Å². The van der Waals surface area contributed by atoms with Gasteiger partial charge in [-0.05, 0) is 36.2 Å². The van der Waals surface area contributed by atoms with E-state index in [0.29, 0.717) is 6.54 Å². The molecule has 0 aliphatic carbocycles. The first kappa shape index (κ1) is 10.0. The molecule has 3 N–H and O–H groups in total. The van der Waals surface area contributed by atoms with Crippen molar-refractivity contribution in [2.24, 2.45) is 5.73 Å². The molecule has 3 nitrogen and oxygen atoms in total. The normalized spacial score (nSPS) is 10.1. The lowest BCUT2D eigenvalue weighted by Gasteiger charge is -2.08. The molecule has 1 aromatic rings. The van der Waals surface area contributed by atoms with Crippen LogP contribution in [-0.2, 0) is 13.0 Å². The molecule has 3 heteroatoms. The van der Waals surface area contributed by atoms with Gasteiger partial charge in [0.1, 0.15) is 5.75 Å². The van der Waals surface area contributed by atoms with Crippen molar-refractivity contribution in [3.05, 3.63) is 29.3 Å². The summed E-state index contributed by atoms with van der Waals surface area (Å²) < 4.78 is 5.16. The maximum atomic E-state index is 8.92. The molecule has 0 aliphatic heterocycles. The molecule has 0 heterocycles. The summed E-state index contributed by atoms with van der Waals surface area (Å²) in [5, 5.41) is 8.92. The SMILES string of the molecule is COc1ccc(CO)cc1CCN. The predicted octanol–water partition coefficient (Wildman–Crippen LogP) is 0.689. The van der Waals surface area contributed by atoms with E-state index in [9.17, 15) is 0 Å². The number of hydrogen-bond donors (Lipinski definition) is 2. The highest BCUT2D eigenvalue weighted by atomic mass is 16.5. The average Bonchev–Trinajstić information content (AvgIpc) is 2.18. The molecule has 0 spiro atoms. The fourth-order valence-corrected chi connectivity index (χ4v) is 1.28. The molecule has 0 bridgehead atoms. The molecule has 0 radical (unpaired) electrons. The zero-order valence-electron chi connectivity index (χ0n) is 7.79. The Labute approximate surface area is 78.1 Å². The van der Waals surface area contributed by atoms with E-state index in [1.807, 2.05) is 18.2 Å². The molecule has 0 fully saturated rings. The summed E-state index contributed by atoms with van der Waals surface area (Å²) >= 11 is 0. The minimum Gasteiger partial charge on any atom is -0.496 e. The summed E-state index contributed by atoms with van der Waals surface area (Å²) in [4.78, 5) is 0. The minimum absolute atomic E-state index is 0.0571. The highest BCUT2D eigenvalue weighted by molar-refractivity contribution is 5.37. The van der Waals surface area contributed by atoms with Crippen molar-refractivity contribution in [3.8, 4) is 5.75 Å². The number of aliphatic hydroxyl groups is 1. The van der Waals surface area contributed by atoms with Crippen molar-refractivity contribution in [1.82, 2.24) is 0 Å². The molecule has 13 heavy (non-hydrogen) atoms. The van der Waals surface area contributed by atoms with Crippen LogP contribution in [0.25, 0.3) is 0 Å². The summed E-state index contributed by atoms with van der Waals surface area (Å²) in [5.41, 5.74) is 7.40. The molecule has 1 rings (SSSR count). The molecule has 0 aromatic heterocycles. The van der Waals surface area contributed by atoms with Crippen molar-refractivity contribution >= 4 is 0 Å². The highest BCUT2D eigenvalue weighted by Gasteiger charge is 2.02. The predicted molar refractivity (Wildman–Crippen MR) is 51.7 cm³/mol. The first-order valence-electron chi connectivity index (χ1n) is 4.28. The van der Waals surface area contributed by atoms with E-state index in [0.717, 1.165) is 23.3 Å². The Balaban J connectivity index is 2.95. The molecule has 0 saturated carbocycles. The standard InChI is InChI=1S/C10H15NO2/c1-13-10-3-2-8(7-12)6-9(10)4-5-11/h2-3,6,12H,4-5,7,11H2,1H3. The van der Waals surface area contributed by atoms with Gasteiger partial charge in [0, 0.05) is 0 Å². The van der Waals surface area contributed by atoms with Gasteiger partial charge in [0.2, 0.25) is 0 Å². The first-order chi connectivity index (χ1) is 6.31. The van der Waals surface area contributed by atoms with Crippen LogP contribution in [0.2, 0.25) is 0 Å². The van der Waals surface area contributed by atoms with Crippen LogP contribution in [0, 0.1) is 0 Å². The van der Waals surface area contributed by atoms with Crippen LogP contribution in [0.5, 0.6) is 5.75 Å². The number of rotatable bonds is 4. The van der Waals surface area contributed by atoms with Crippen molar-refractivity contribution in [3.63, 3.8) is 0 Å². The largest absolute Gasteiger partial charge is 0.496 e. The van der Waals surface area contributed by atoms with Gasteiger partial charge in [-0.2, -0.15) is 0 Å². The minimum atomic E-state index is 0.0571. The number of methoxy groups -OCH3 is 1. The first-order valence-corrected chi connectivity index (χ1v) is 4.28. The Kier molecular flexibility index (Phi) is 3.73. The monoisotopic (exact) mass is 181 g/mol. The fourth-order valence-electron chi connectivity index (χ4n) is 1.28. The van der Waals surface area contributed by atoms with Gasteiger partial charge in [-0.25, -0.2) is 0 Å². The van der Waals surface area contributed by atoms with Gasteiger partial charge in [-0.15, -0.1) is 0 Å². The van der Waals surface area contributed by atoms with Gasteiger partial charge in [-0.1, -0.05) is 6.07 Å². The third kappa shape index (κ3) is 2.44. The maximum absolute atomic E-state index is 8.92. The van der Waals surface area contributed by atoms with E-state index in [2.05, 4.69) is 0 Å². The quantitative estimate of drug-likeness (QED) is 0.718. The van der Waals surface area contributed by atoms with Crippen molar-refractivity contribution in [2.45, 2.75) is 13.0 Å². The fraction of sp³-hybridized carbons (Fsp3) is 0.400. The van der Waals surface area contributed by atoms with Gasteiger partial charge in [0.15, 0.2) is 0 Å². The number of ether oxygens (including phenoxy) is 1. The van der Waals surface area contributed by atoms with Gasteiger partial charge < -0.3 is 15.6 Å². The number of benzene rings is 1. The van der Waals surface area contributed by atoms with Crippen LogP contribution < -0.4 is 10.5 Å². The van der Waals surface area contributed by atoms with E-state index in [1.54, 1.807) is 7.11 Å². The third-order valence-corrected chi connectivity index (χ3v) is 1.94. The van der Waals surface area contributed by atoms with Gasteiger partial charge in [0.25, 0.3) is 0 Å². The van der Waals surface area contributed by atoms with Crippen LogP contribution in [0.4, 0.5) is 0 Å². The zero-order chi connectivity index (χ0) is 9.68. The summed E-state index contributed by atoms with van der Waals surface area (Å²) in [6.45, 7) is 0.646. The van der Waals surface area contributed by atoms with Gasteiger partial charge >= 0.3 is 0 Å². The Bertz CT molecular complexity index is 274. The molecule has 0 amide bonds. The molecule has 0 unspecified atom stereocenters. The van der Waals surface area contributed by atoms with E-state index < -0.39 is 0 Å². The summed E-state index contributed by atoms with van der Waals surface area (Å²) in [7, 11) is 1.63. The van der Waals surface area contributed by atoms with Gasteiger partial charge in [-0.3, -0.25) is 0 Å². The summed E-state index contributed by atoms with van der Waals surface area (Å²) in [5.74, 6) is 0.836. The molecule has 0 atom stereocenters. The second-order valence-electron chi connectivity index (χ2n) is 2.84. The maximum Gasteiger partial charge on any atom is 0.122 e. The van der Waals surface area contributed by atoms with Crippen LogP contribution in [-0.4, -0.2) is 18.8 Å². The Hall–Kier alpha value is -1.06. The molecule has 0 saturated heterocycles. The van der Waals surface area contributed by atoms with Crippen molar-refractivity contribution < 1.29 is 9.84 Å². The van der Waals surface area contributed by atoms with Gasteiger partial charge in [0.05, 0.1) is 13.7 Å². The Morgan fingerprint density at radius 2 is 2.23 bits per heavy atom. The van der Waals surface area contributed by atoms with Crippen LogP contribution in [0.15, 0.2) is 18.2 Å². The van der Waals surface area contributed by atoms with Crippen LogP contribution >= 0.6 is 0 Å². The average molecular weight is 181 g/mol. The highest BCUT2D eigenvalue weighted by Crippen LogP contribution is 2.19. The lowest BCUT2D eigenvalue weighted by molar-refractivity contribution is 0.281. The van der Waals surface area contributed by atoms with Crippen molar-refractivity contribution in [2.75, 3.05) is 13.7 Å². The van der Waals surface area contributed by atoms with Crippen molar-refractivity contribution in [1.29, 1.82) is 0 Å². The second kappa shape index (κ2) is 4.84. The molecular weight excluding hydrogens is 166 g/mol. The molecule has 1 aromatic carbocycles. The zero-order valence-corrected chi connectivity index (χ0v) is 7.79. The van der Waals surface area contributed by atoms with E-state index >= 15 is 0 Å². The van der Waals surface area contributed by atoms with Crippen LogP contribution in [0.1, 0.15) is 11.1 Å². The van der Waals surface area contributed by atoms with E-state index in [4.69, 9.17) is 15.6 Å². The smallest absolute Gasteiger partial charge is 0.122 e. The Morgan fingerprint density at radius 3 is 2.77 bits per heavy atom. The number of aliphatic hydroxyl groups excluding tert-OH is 1. The topological polar surface area (TPSA) is 55.5 Å². The van der Waals surface area contributed by atoms with E-state index in [1.165, 1.54) is 0 Å². The molecular formula is C10H15NO2. The van der Waals surface area contributed by atoms with E-state index in [-0.39, 0.29) is 6.61 Å². The molecule has 72 valence electrons. The lowest BCUT2D eigenvalue weighted by atomic mass is 10.1. The Morgan fingerprint density at radius 1 is 1.46 bits per heavy atom. The second-order valence-corrected chi connectivity index (χ2v) is 2.84. The number of nitrogens with two attached hydrogens (primary N) is 1. The molecule has 0 aliphatic rings. The lowest BCUT2D eigenvalue weighted by Crippen LogP contribution is -2.04. The summed E-state index contributed by atoms with van der Waals surface area (Å²) in [6.07, 6.45) is 0.775.